The highest BCUT2D eigenvalue weighted by Gasteiger charge is 2.26. The Kier molecular flexibility index (Phi) is 9.40. The van der Waals surface area contributed by atoms with Crippen LogP contribution in [0.5, 0.6) is 0 Å². The second-order valence-electron chi connectivity index (χ2n) is 7.97. The summed E-state index contributed by atoms with van der Waals surface area (Å²) < 4.78 is 39.7. The van der Waals surface area contributed by atoms with Gasteiger partial charge >= 0.3 is 0 Å². The molecule has 0 radical (unpaired) electrons. The molecule has 0 heterocycles. The van der Waals surface area contributed by atoms with E-state index in [9.17, 15) is 22.4 Å². The third kappa shape index (κ3) is 7.56. The third-order valence-corrected chi connectivity index (χ3v) is 6.41. The van der Waals surface area contributed by atoms with Gasteiger partial charge in [-0.3, -0.25) is 13.9 Å². The molecule has 0 unspecified atom stereocenters. The van der Waals surface area contributed by atoms with Crippen molar-refractivity contribution in [1.82, 2.24) is 10.2 Å². The molecule has 0 aliphatic rings. The molecule has 1 N–H and O–H groups in total. The quantitative estimate of drug-likeness (QED) is 0.538. The molecule has 0 saturated heterocycles. The molecule has 1 atom stereocenters. The van der Waals surface area contributed by atoms with Crippen molar-refractivity contribution in [3.63, 3.8) is 0 Å². The molecular formula is C24H32FN3O4S. The topological polar surface area (TPSA) is 86.8 Å². The minimum Gasteiger partial charge on any atom is -0.355 e. The number of halogens is 1. The van der Waals surface area contributed by atoms with Crippen LogP contribution in [0.2, 0.25) is 0 Å². The van der Waals surface area contributed by atoms with Gasteiger partial charge in [0.2, 0.25) is 21.8 Å². The second-order valence-corrected chi connectivity index (χ2v) is 9.88. The number of hydrogen-bond donors (Lipinski definition) is 1. The van der Waals surface area contributed by atoms with Crippen LogP contribution in [-0.2, 0) is 26.2 Å². The molecule has 0 fully saturated rings. The molecule has 33 heavy (non-hydrogen) atoms. The largest absolute Gasteiger partial charge is 0.355 e. The van der Waals surface area contributed by atoms with Crippen molar-refractivity contribution in [1.29, 1.82) is 0 Å². The molecular weight excluding hydrogens is 445 g/mol. The zero-order valence-electron chi connectivity index (χ0n) is 19.5. The minimum atomic E-state index is -3.74. The molecule has 2 aromatic rings. The first-order valence-electron chi connectivity index (χ1n) is 10.9. The summed E-state index contributed by atoms with van der Waals surface area (Å²) in [6.07, 6.45) is 1.19. The summed E-state index contributed by atoms with van der Waals surface area (Å²) in [5.41, 5.74) is 1.88. The van der Waals surface area contributed by atoms with Gasteiger partial charge in [0, 0.05) is 26.1 Å². The van der Waals surface area contributed by atoms with Gasteiger partial charge in [0.05, 0.1) is 11.9 Å². The van der Waals surface area contributed by atoms with Crippen LogP contribution in [0, 0.1) is 12.7 Å². The maximum Gasteiger partial charge on any atom is 0.242 e. The Morgan fingerprint density at radius 2 is 1.82 bits per heavy atom. The first-order chi connectivity index (χ1) is 15.5. The molecule has 180 valence electrons. The Bertz CT molecular complexity index is 1070. The number of para-hydroxylation sites is 1. The van der Waals surface area contributed by atoms with Gasteiger partial charge in [-0.2, -0.15) is 0 Å². The summed E-state index contributed by atoms with van der Waals surface area (Å²) in [6.45, 7) is 6.06. The molecule has 2 aromatic carbocycles. The number of hydrogen-bond acceptors (Lipinski definition) is 4. The number of aryl methyl sites for hydroxylation is 1. The van der Waals surface area contributed by atoms with Crippen LogP contribution in [0.15, 0.2) is 48.5 Å². The van der Waals surface area contributed by atoms with Gasteiger partial charge in [-0.1, -0.05) is 42.0 Å². The Labute approximate surface area is 195 Å². The van der Waals surface area contributed by atoms with Crippen molar-refractivity contribution in [3.05, 3.63) is 65.5 Å². The third-order valence-electron chi connectivity index (χ3n) is 5.23. The zero-order valence-corrected chi connectivity index (χ0v) is 20.4. The summed E-state index contributed by atoms with van der Waals surface area (Å²) in [5.74, 6) is -1.19. The molecule has 0 saturated carbocycles. The van der Waals surface area contributed by atoms with Gasteiger partial charge < -0.3 is 10.2 Å². The standard InChI is InChI=1S/C24H32FN3O4S/c1-5-26-24(30)19(3)27(17-20-11-8-10-18(2)16-20)23(29)14-9-15-28(33(4,31)32)22-13-7-6-12-21(22)25/h6-8,10-13,16,19H,5,9,14-15,17H2,1-4H3,(H,26,30)/t19-/m1/s1. The fourth-order valence-electron chi connectivity index (χ4n) is 3.55. The smallest absolute Gasteiger partial charge is 0.242 e. The number of sulfonamides is 1. The van der Waals surface area contributed by atoms with Gasteiger partial charge in [0.1, 0.15) is 11.9 Å². The number of anilines is 1. The van der Waals surface area contributed by atoms with E-state index in [0.717, 1.165) is 21.7 Å². The van der Waals surface area contributed by atoms with E-state index in [2.05, 4.69) is 5.32 Å². The fourth-order valence-corrected chi connectivity index (χ4v) is 4.51. The van der Waals surface area contributed by atoms with E-state index >= 15 is 0 Å². The minimum absolute atomic E-state index is 0.00995. The van der Waals surface area contributed by atoms with Crippen LogP contribution >= 0.6 is 0 Å². The van der Waals surface area contributed by atoms with Crippen molar-refractivity contribution in [2.75, 3.05) is 23.7 Å². The predicted molar refractivity (Wildman–Crippen MR) is 128 cm³/mol. The van der Waals surface area contributed by atoms with Crippen LogP contribution in [0.4, 0.5) is 10.1 Å². The fraction of sp³-hybridized carbons (Fsp3) is 0.417. The number of carbonyl (C=O) groups excluding carboxylic acids is 2. The van der Waals surface area contributed by atoms with Gasteiger partial charge in [0.15, 0.2) is 0 Å². The van der Waals surface area contributed by atoms with E-state index in [4.69, 9.17) is 0 Å². The highest BCUT2D eigenvalue weighted by atomic mass is 32.2. The number of benzene rings is 2. The van der Waals surface area contributed by atoms with Crippen molar-refractivity contribution in [2.45, 2.75) is 46.2 Å². The Hall–Kier alpha value is -2.94. The van der Waals surface area contributed by atoms with Crippen molar-refractivity contribution in [2.24, 2.45) is 0 Å². The molecule has 0 aliphatic heterocycles. The molecule has 0 bridgehead atoms. The molecule has 0 aromatic heterocycles. The maximum atomic E-state index is 14.2. The number of likely N-dealkylation sites (N-methyl/N-ethyl adjacent to an activating group) is 1. The zero-order chi connectivity index (χ0) is 24.6. The van der Waals surface area contributed by atoms with Gasteiger partial charge in [-0.05, 0) is 44.9 Å². The molecule has 2 rings (SSSR count). The normalized spacial score (nSPS) is 12.2. The summed E-state index contributed by atoms with van der Waals surface area (Å²) >= 11 is 0. The average Bonchev–Trinajstić information content (AvgIpc) is 2.74. The lowest BCUT2D eigenvalue weighted by Crippen LogP contribution is -2.47. The van der Waals surface area contributed by atoms with Crippen LogP contribution in [0.25, 0.3) is 0 Å². The molecule has 0 aliphatic carbocycles. The first-order valence-corrected chi connectivity index (χ1v) is 12.7. The van der Waals surface area contributed by atoms with Gasteiger partial charge in [-0.25, -0.2) is 12.8 Å². The summed E-state index contributed by atoms with van der Waals surface area (Å²) in [5, 5.41) is 2.74. The Balaban J connectivity index is 2.16. The Morgan fingerprint density at radius 1 is 1.12 bits per heavy atom. The van der Waals surface area contributed by atoms with Crippen LogP contribution in [-0.4, -0.2) is 50.5 Å². The van der Waals surface area contributed by atoms with Crippen molar-refractivity contribution in [3.8, 4) is 0 Å². The van der Waals surface area contributed by atoms with Crippen LogP contribution in [0.3, 0.4) is 0 Å². The lowest BCUT2D eigenvalue weighted by atomic mass is 10.1. The van der Waals surface area contributed by atoms with Crippen LogP contribution < -0.4 is 9.62 Å². The van der Waals surface area contributed by atoms with Crippen molar-refractivity contribution >= 4 is 27.5 Å². The van der Waals surface area contributed by atoms with Gasteiger partial charge in [-0.15, -0.1) is 0 Å². The lowest BCUT2D eigenvalue weighted by molar-refractivity contribution is -0.140. The number of nitrogens with one attached hydrogen (secondary N) is 1. The van der Waals surface area contributed by atoms with E-state index in [1.807, 2.05) is 31.2 Å². The lowest BCUT2D eigenvalue weighted by Gasteiger charge is -2.29. The Morgan fingerprint density at radius 3 is 2.42 bits per heavy atom. The van der Waals surface area contributed by atoms with E-state index < -0.39 is 21.9 Å². The highest BCUT2D eigenvalue weighted by molar-refractivity contribution is 7.92. The number of rotatable bonds is 11. The first kappa shape index (κ1) is 26.3. The number of amides is 2. The molecule has 0 spiro atoms. The van der Waals surface area contributed by atoms with E-state index in [1.54, 1.807) is 19.9 Å². The average molecular weight is 478 g/mol. The number of carbonyl (C=O) groups is 2. The maximum absolute atomic E-state index is 14.2. The predicted octanol–water partition coefficient (Wildman–Crippen LogP) is 3.23. The number of nitrogens with zero attached hydrogens (tertiary/aromatic N) is 2. The van der Waals surface area contributed by atoms with E-state index in [1.165, 1.54) is 23.1 Å². The monoisotopic (exact) mass is 477 g/mol. The molecule has 9 heteroatoms. The molecule has 2 amide bonds. The van der Waals surface area contributed by atoms with Crippen molar-refractivity contribution < 1.29 is 22.4 Å². The van der Waals surface area contributed by atoms with E-state index in [-0.39, 0.29) is 43.4 Å². The van der Waals surface area contributed by atoms with Gasteiger partial charge in [0.25, 0.3) is 0 Å². The SMILES string of the molecule is CCNC(=O)[C@@H](C)N(Cc1cccc(C)c1)C(=O)CCCN(c1ccccc1F)S(C)(=O)=O. The molecule has 7 nitrogen and oxygen atoms in total. The summed E-state index contributed by atoms with van der Waals surface area (Å²) in [7, 11) is -3.74. The summed E-state index contributed by atoms with van der Waals surface area (Å²) in [4.78, 5) is 27.1. The second kappa shape index (κ2) is 11.8. The highest BCUT2D eigenvalue weighted by Crippen LogP contribution is 2.22. The summed E-state index contributed by atoms with van der Waals surface area (Å²) in [6, 6.07) is 12.6. The van der Waals surface area contributed by atoms with Crippen LogP contribution in [0.1, 0.15) is 37.8 Å². The van der Waals surface area contributed by atoms with E-state index in [0.29, 0.717) is 6.54 Å².